The van der Waals surface area contributed by atoms with E-state index in [-0.39, 0.29) is 40.0 Å². The van der Waals surface area contributed by atoms with Gasteiger partial charge < -0.3 is 4.74 Å². The highest BCUT2D eigenvalue weighted by Gasteiger charge is 2.22. The molecular weight excluding hydrogens is 392 g/mol. The molecule has 1 aromatic carbocycles. The summed E-state index contributed by atoms with van der Waals surface area (Å²) < 4.78 is 7.02. The molecule has 3 aromatic heterocycles. The Bertz CT molecular complexity index is 1280. The summed E-state index contributed by atoms with van der Waals surface area (Å²) in [7, 11) is 0. The molecule has 3 heterocycles. The molecule has 4 rings (SSSR count). The van der Waals surface area contributed by atoms with E-state index >= 15 is 0 Å². The van der Waals surface area contributed by atoms with Gasteiger partial charge in [0, 0.05) is 18.3 Å². The van der Waals surface area contributed by atoms with Crippen LogP contribution < -0.4 is 15.6 Å². The van der Waals surface area contributed by atoms with E-state index in [9.17, 15) is 19.7 Å². The standard InChI is InChI=1S/C14H10N8O5S/c1-2-27-9-4-10-8(3-7(9)22(25)26)21-12(24)6(5-15-14(21)28-10)11(23)16-13-17-19-20-18-13/h3-5H,2H2,1H3,(H2,16,17,18,19,20,23). The van der Waals surface area contributed by atoms with Crippen molar-refractivity contribution in [1.29, 1.82) is 0 Å². The largest absolute Gasteiger partial charge is 0.487 e. The van der Waals surface area contributed by atoms with Crippen LogP contribution in [0.3, 0.4) is 0 Å². The molecule has 1 amide bonds. The number of aromatic amines is 1. The van der Waals surface area contributed by atoms with Crippen LogP contribution in [0, 0.1) is 10.1 Å². The molecule has 0 fully saturated rings. The molecule has 0 radical (unpaired) electrons. The Kier molecular flexibility index (Phi) is 4.15. The van der Waals surface area contributed by atoms with Gasteiger partial charge in [-0.2, -0.15) is 0 Å². The zero-order valence-electron chi connectivity index (χ0n) is 14.1. The SMILES string of the molecule is CCOc1cc2sc3ncc(C(=O)Nc4nnn[nH]4)c(=O)n3c2cc1[N+](=O)[O-]. The van der Waals surface area contributed by atoms with Crippen molar-refractivity contribution in [2.75, 3.05) is 11.9 Å². The van der Waals surface area contributed by atoms with E-state index < -0.39 is 16.4 Å². The molecule has 0 aliphatic carbocycles. The summed E-state index contributed by atoms with van der Waals surface area (Å²) >= 11 is 1.14. The van der Waals surface area contributed by atoms with Crippen LogP contribution in [0.5, 0.6) is 5.75 Å². The Hall–Kier alpha value is -3.94. The Morgan fingerprint density at radius 3 is 2.96 bits per heavy atom. The quantitative estimate of drug-likeness (QED) is 0.365. The minimum atomic E-state index is -0.773. The predicted octanol–water partition coefficient (Wildman–Crippen LogP) is 0.981. The van der Waals surface area contributed by atoms with Crippen molar-refractivity contribution in [3.05, 3.63) is 44.4 Å². The minimum Gasteiger partial charge on any atom is -0.487 e. The van der Waals surface area contributed by atoms with Crippen molar-refractivity contribution >= 4 is 44.1 Å². The monoisotopic (exact) mass is 402 g/mol. The van der Waals surface area contributed by atoms with Crippen LogP contribution in [0.2, 0.25) is 0 Å². The maximum absolute atomic E-state index is 12.9. The summed E-state index contributed by atoms with van der Waals surface area (Å²) in [5.41, 5.74) is -0.989. The van der Waals surface area contributed by atoms with Crippen molar-refractivity contribution in [1.82, 2.24) is 30.0 Å². The third-order valence-corrected chi connectivity index (χ3v) is 4.75. The number of hydrogen-bond donors (Lipinski definition) is 2. The van der Waals surface area contributed by atoms with Gasteiger partial charge in [0.15, 0.2) is 10.7 Å². The van der Waals surface area contributed by atoms with Crippen LogP contribution in [0.25, 0.3) is 15.2 Å². The topological polar surface area (TPSA) is 170 Å². The van der Waals surface area contributed by atoms with Crippen LogP contribution in [0.1, 0.15) is 17.3 Å². The summed E-state index contributed by atoms with van der Waals surface area (Å²) in [5.74, 6) is -0.720. The van der Waals surface area contributed by atoms with E-state index in [2.05, 4.69) is 30.9 Å². The number of nitrogens with one attached hydrogen (secondary N) is 2. The summed E-state index contributed by atoms with van der Waals surface area (Å²) in [6.45, 7) is 1.95. The van der Waals surface area contributed by atoms with E-state index in [1.165, 1.54) is 12.1 Å². The number of nitrogens with zero attached hydrogens (tertiary/aromatic N) is 6. The fraction of sp³-hybridized carbons (Fsp3) is 0.143. The number of hydrogen-bond acceptors (Lipinski definition) is 10. The number of fused-ring (bicyclic) bond motifs is 3. The number of nitro groups is 1. The van der Waals surface area contributed by atoms with Crippen molar-refractivity contribution in [2.24, 2.45) is 0 Å². The number of nitro benzene ring substituents is 1. The number of anilines is 1. The van der Waals surface area contributed by atoms with Gasteiger partial charge in [-0.05, 0) is 17.4 Å². The van der Waals surface area contributed by atoms with Gasteiger partial charge in [-0.15, -0.1) is 0 Å². The number of rotatable bonds is 5. The van der Waals surface area contributed by atoms with Gasteiger partial charge in [0.25, 0.3) is 11.5 Å². The maximum Gasteiger partial charge on any atom is 0.313 e. The number of amides is 1. The van der Waals surface area contributed by atoms with Gasteiger partial charge in [-0.3, -0.25) is 25.0 Å². The van der Waals surface area contributed by atoms with Gasteiger partial charge in [0.05, 0.1) is 21.7 Å². The van der Waals surface area contributed by atoms with Crippen LogP contribution in [-0.2, 0) is 0 Å². The summed E-state index contributed by atoms with van der Waals surface area (Å²) in [5, 5.41) is 26.2. The zero-order chi connectivity index (χ0) is 19.8. The number of benzene rings is 1. The molecule has 0 unspecified atom stereocenters. The minimum absolute atomic E-state index is 0.0401. The molecule has 142 valence electrons. The molecule has 0 saturated carbocycles. The van der Waals surface area contributed by atoms with Gasteiger partial charge >= 0.3 is 5.69 Å². The van der Waals surface area contributed by atoms with Gasteiger partial charge in [-0.25, -0.2) is 14.5 Å². The zero-order valence-corrected chi connectivity index (χ0v) is 14.9. The molecule has 0 aliphatic rings. The second kappa shape index (κ2) is 6.66. The van der Waals surface area contributed by atoms with Crippen LogP contribution in [0.4, 0.5) is 11.6 Å². The number of tetrazole rings is 1. The highest BCUT2D eigenvalue weighted by Crippen LogP contribution is 2.35. The van der Waals surface area contributed by atoms with E-state index in [1.807, 2.05) is 0 Å². The number of carbonyl (C=O) groups excluding carboxylic acids is 1. The fourth-order valence-electron chi connectivity index (χ4n) is 2.57. The van der Waals surface area contributed by atoms with Crippen molar-refractivity contribution in [3.8, 4) is 5.75 Å². The fourth-order valence-corrected chi connectivity index (χ4v) is 3.57. The molecule has 0 bridgehead atoms. The third-order valence-electron chi connectivity index (χ3n) is 3.73. The molecule has 14 heteroatoms. The molecule has 4 aromatic rings. The number of carbonyl (C=O) groups is 1. The first-order valence-electron chi connectivity index (χ1n) is 7.80. The first-order chi connectivity index (χ1) is 13.5. The molecule has 2 N–H and O–H groups in total. The molecule has 0 atom stereocenters. The number of aromatic nitrogens is 6. The average molecular weight is 402 g/mol. The number of thiazole rings is 1. The maximum atomic E-state index is 12.9. The first-order valence-corrected chi connectivity index (χ1v) is 8.61. The lowest BCUT2D eigenvalue weighted by molar-refractivity contribution is -0.385. The Labute approximate surface area is 158 Å². The molecule has 28 heavy (non-hydrogen) atoms. The first kappa shape index (κ1) is 17.5. The second-order valence-corrected chi connectivity index (χ2v) is 6.39. The average Bonchev–Trinajstić information content (AvgIpc) is 3.28. The summed E-state index contributed by atoms with van der Waals surface area (Å²) in [6.07, 6.45) is 1.13. The second-order valence-electron chi connectivity index (χ2n) is 5.38. The Morgan fingerprint density at radius 1 is 1.46 bits per heavy atom. The lowest BCUT2D eigenvalue weighted by Gasteiger charge is -2.04. The van der Waals surface area contributed by atoms with E-state index in [0.717, 1.165) is 21.9 Å². The van der Waals surface area contributed by atoms with Crippen molar-refractivity contribution < 1.29 is 14.5 Å². The molecule has 0 saturated heterocycles. The van der Waals surface area contributed by atoms with E-state index in [1.54, 1.807) is 6.92 Å². The molecule has 0 aliphatic heterocycles. The summed E-state index contributed by atoms with van der Waals surface area (Å²) in [6, 6.07) is 2.71. The highest BCUT2D eigenvalue weighted by molar-refractivity contribution is 7.23. The van der Waals surface area contributed by atoms with E-state index in [0.29, 0.717) is 4.70 Å². The molecule has 13 nitrogen and oxygen atoms in total. The Morgan fingerprint density at radius 2 is 2.29 bits per heavy atom. The van der Waals surface area contributed by atoms with Gasteiger partial charge in [-0.1, -0.05) is 16.4 Å². The van der Waals surface area contributed by atoms with E-state index in [4.69, 9.17) is 4.74 Å². The number of H-pyrrole nitrogens is 1. The van der Waals surface area contributed by atoms with Gasteiger partial charge in [0.1, 0.15) is 5.56 Å². The smallest absolute Gasteiger partial charge is 0.313 e. The lowest BCUT2D eigenvalue weighted by Crippen LogP contribution is -2.26. The normalized spacial score (nSPS) is 11.0. The lowest BCUT2D eigenvalue weighted by atomic mass is 10.2. The molecule has 0 spiro atoms. The van der Waals surface area contributed by atoms with Crippen LogP contribution >= 0.6 is 11.3 Å². The Balaban J connectivity index is 1.90. The third kappa shape index (κ3) is 2.81. The number of ether oxygens (including phenoxy) is 1. The highest BCUT2D eigenvalue weighted by atomic mass is 32.1. The molecular formula is C14H10N8O5S. The van der Waals surface area contributed by atoms with Crippen molar-refractivity contribution in [3.63, 3.8) is 0 Å². The van der Waals surface area contributed by atoms with Crippen LogP contribution in [-0.4, -0.2) is 47.4 Å². The van der Waals surface area contributed by atoms with Crippen molar-refractivity contribution in [2.45, 2.75) is 6.92 Å². The van der Waals surface area contributed by atoms with Crippen LogP contribution in [0.15, 0.2) is 23.1 Å². The summed E-state index contributed by atoms with van der Waals surface area (Å²) in [4.78, 5) is 40.4. The van der Waals surface area contributed by atoms with Gasteiger partial charge in [0.2, 0.25) is 5.95 Å². The predicted molar refractivity (Wildman–Crippen MR) is 96.8 cm³/mol.